The molecule has 1 aromatic heterocycles. The topological polar surface area (TPSA) is 22.1 Å². The highest BCUT2D eigenvalue weighted by Crippen LogP contribution is 2.30. The molecule has 0 aliphatic carbocycles. The van der Waals surface area contributed by atoms with E-state index in [4.69, 9.17) is 39.5 Å². The lowest BCUT2D eigenvalue weighted by atomic mass is 10.3. The number of pyridine rings is 1. The second kappa shape index (κ2) is 5.58. The Bertz CT molecular complexity index is 511. The van der Waals surface area contributed by atoms with Gasteiger partial charge in [-0.15, -0.1) is 11.6 Å². The van der Waals surface area contributed by atoms with Crippen LogP contribution in [0.25, 0.3) is 0 Å². The minimum Gasteiger partial charge on any atom is -0.455 e. The van der Waals surface area contributed by atoms with Gasteiger partial charge in [-0.25, -0.2) is 0 Å². The van der Waals surface area contributed by atoms with Crippen LogP contribution in [0.2, 0.25) is 10.0 Å². The maximum atomic E-state index is 5.88. The van der Waals surface area contributed by atoms with Crippen molar-refractivity contribution in [1.29, 1.82) is 0 Å². The highest BCUT2D eigenvalue weighted by Gasteiger charge is 2.05. The molecule has 0 amide bonds. The molecule has 1 heterocycles. The summed E-state index contributed by atoms with van der Waals surface area (Å²) < 4.78 is 5.65. The van der Waals surface area contributed by atoms with Gasteiger partial charge in [0.15, 0.2) is 0 Å². The van der Waals surface area contributed by atoms with Crippen LogP contribution in [0.1, 0.15) is 5.56 Å². The number of ether oxygens (including phenoxy) is 1. The number of nitrogens with zero attached hydrogens (tertiary/aromatic N) is 1. The van der Waals surface area contributed by atoms with E-state index in [1.165, 1.54) is 0 Å². The van der Waals surface area contributed by atoms with Crippen LogP contribution in [0.5, 0.6) is 11.5 Å². The molecule has 88 valence electrons. The average molecular weight is 289 g/mol. The van der Waals surface area contributed by atoms with E-state index >= 15 is 0 Å². The Morgan fingerprint density at radius 2 is 1.82 bits per heavy atom. The second-order valence-corrected chi connectivity index (χ2v) is 4.46. The van der Waals surface area contributed by atoms with Crippen molar-refractivity contribution in [2.24, 2.45) is 0 Å². The number of alkyl halides is 1. The Labute approximate surface area is 114 Å². The molecule has 5 heteroatoms. The molecule has 2 aromatic rings. The largest absolute Gasteiger partial charge is 0.455 e. The molecular weight excluding hydrogens is 280 g/mol. The molecule has 0 unspecified atom stereocenters. The number of benzene rings is 1. The van der Waals surface area contributed by atoms with E-state index in [1.807, 2.05) is 0 Å². The summed E-state index contributed by atoms with van der Waals surface area (Å²) in [5, 5.41) is 1.03. The standard InChI is InChI=1S/C12H8Cl3NO/c13-6-8-1-2-16-7-12(8)17-11-4-9(14)3-10(15)5-11/h1-5,7H,6H2. The van der Waals surface area contributed by atoms with Crippen LogP contribution in [0.3, 0.4) is 0 Å². The van der Waals surface area contributed by atoms with Gasteiger partial charge in [0.05, 0.1) is 12.1 Å². The van der Waals surface area contributed by atoms with Gasteiger partial charge in [-0.05, 0) is 24.3 Å². The third-order valence-corrected chi connectivity index (χ3v) is 2.80. The van der Waals surface area contributed by atoms with Gasteiger partial charge >= 0.3 is 0 Å². The van der Waals surface area contributed by atoms with Gasteiger partial charge in [0, 0.05) is 21.8 Å². The fraction of sp³-hybridized carbons (Fsp3) is 0.0833. The fourth-order valence-corrected chi connectivity index (χ4v) is 2.05. The Hall–Kier alpha value is -0.960. The molecule has 0 aliphatic heterocycles. The zero-order valence-electron chi connectivity index (χ0n) is 8.66. The highest BCUT2D eigenvalue weighted by atomic mass is 35.5. The van der Waals surface area contributed by atoms with Crippen molar-refractivity contribution >= 4 is 34.8 Å². The molecule has 0 bridgehead atoms. The molecule has 1 aromatic carbocycles. The first kappa shape index (κ1) is 12.5. The first-order valence-corrected chi connectivity index (χ1v) is 6.11. The van der Waals surface area contributed by atoms with Crippen molar-refractivity contribution in [2.75, 3.05) is 0 Å². The minimum absolute atomic E-state index is 0.353. The van der Waals surface area contributed by atoms with E-state index in [2.05, 4.69) is 4.98 Å². The first-order chi connectivity index (χ1) is 8.19. The van der Waals surface area contributed by atoms with Crippen LogP contribution >= 0.6 is 34.8 Å². The molecule has 0 N–H and O–H groups in total. The zero-order chi connectivity index (χ0) is 12.3. The van der Waals surface area contributed by atoms with E-state index in [1.54, 1.807) is 36.7 Å². The predicted molar refractivity (Wildman–Crippen MR) is 70.3 cm³/mol. The number of halogens is 3. The van der Waals surface area contributed by atoms with Gasteiger partial charge in [0.2, 0.25) is 0 Å². The Balaban J connectivity index is 2.31. The molecule has 17 heavy (non-hydrogen) atoms. The van der Waals surface area contributed by atoms with Crippen LogP contribution < -0.4 is 4.74 Å². The number of hydrogen-bond donors (Lipinski definition) is 0. The summed E-state index contributed by atoms with van der Waals surface area (Å²) in [5.74, 6) is 1.51. The van der Waals surface area contributed by atoms with Crippen molar-refractivity contribution in [3.05, 3.63) is 52.3 Å². The Morgan fingerprint density at radius 1 is 1.12 bits per heavy atom. The molecule has 2 nitrogen and oxygen atoms in total. The van der Waals surface area contributed by atoms with Crippen LogP contribution in [0.15, 0.2) is 36.7 Å². The van der Waals surface area contributed by atoms with Crippen molar-refractivity contribution in [2.45, 2.75) is 5.88 Å². The van der Waals surface area contributed by atoms with E-state index in [0.717, 1.165) is 5.56 Å². The third-order valence-electron chi connectivity index (χ3n) is 2.08. The lowest BCUT2D eigenvalue weighted by Crippen LogP contribution is -1.90. The SMILES string of the molecule is ClCc1ccncc1Oc1cc(Cl)cc(Cl)c1. The summed E-state index contributed by atoms with van der Waals surface area (Å²) in [5.41, 5.74) is 0.859. The van der Waals surface area contributed by atoms with Crippen LogP contribution in [0, 0.1) is 0 Å². The summed E-state index contributed by atoms with van der Waals surface area (Å²) in [4.78, 5) is 3.98. The Morgan fingerprint density at radius 3 is 2.47 bits per heavy atom. The first-order valence-electron chi connectivity index (χ1n) is 4.82. The second-order valence-electron chi connectivity index (χ2n) is 3.32. The van der Waals surface area contributed by atoms with Crippen molar-refractivity contribution in [1.82, 2.24) is 4.98 Å². The summed E-state index contributed by atoms with van der Waals surface area (Å²) in [7, 11) is 0. The quantitative estimate of drug-likeness (QED) is 0.748. The molecular formula is C12H8Cl3NO. The van der Waals surface area contributed by atoms with Gasteiger partial charge in [-0.3, -0.25) is 4.98 Å². The van der Waals surface area contributed by atoms with E-state index in [9.17, 15) is 0 Å². The number of aromatic nitrogens is 1. The lowest BCUT2D eigenvalue weighted by molar-refractivity contribution is 0.476. The zero-order valence-corrected chi connectivity index (χ0v) is 10.9. The number of hydrogen-bond acceptors (Lipinski definition) is 2. The molecule has 0 saturated carbocycles. The number of rotatable bonds is 3. The summed E-state index contributed by atoms with van der Waals surface area (Å²) in [6.45, 7) is 0. The Kier molecular flexibility index (Phi) is 4.11. The minimum atomic E-state index is 0.353. The van der Waals surface area contributed by atoms with Crippen molar-refractivity contribution in [3.8, 4) is 11.5 Å². The molecule has 2 rings (SSSR count). The van der Waals surface area contributed by atoms with Crippen molar-refractivity contribution in [3.63, 3.8) is 0 Å². The monoisotopic (exact) mass is 287 g/mol. The average Bonchev–Trinajstić information content (AvgIpc) is 2.28. The fourth-order valence-electron chi connectivity index (χ4n) is 1.33. The molecule has 0 spiro atoms. The van der Waals surface area contributed by atoms with Gasteiger partial charge in [0.25, 0.3) is 0 Å². The smallest absolute Gasteiger partial charge is 0.150 e. The van der Waals surface area contributed by atoms with Gasteiger partial charge in [-0.2, -0.15) is 0 Å². The molecule has 0 saturated heterocycles. The summed E-state index contributed by atoms with van der Waals surface area (Å²) >= 11 is 17.6. The van der Waals surface area contributed by atoms with Crippen LogP contribution in [-0.2, 0) is 5.88 Å². The van der Waals surface area contributed by atoms with Crippen LogP contribution in [-0.4, -0.2) is 4.98 Å². The predicted octanol–water partition coefficient (Wildman–Crippen LogP) is 4.92. The molecule has 0 atom stereocenters. The van der Waals surface area contributed by atoms with E-state index in [-0.39, 0.29) is 0 Å². The van der Waals surface area contributed by atoms with Gasteiger partial charge in [0.1, 0.15) is 11.5 Å². The highest BCUT2D eigenvalue weighted by molar-refractivity contribution is 6.34. The van der Waals surface area contributed by atoms with Crippen molar-refractivity contribution < 1.29 is 4.74 Å². The molecule has 0 aliphatic rings. The third kappa shape index (κ3) is 3.25. The maximum Gasteiger partial charge on any atom is 0.150 e. The maximum absolute atomic E-state index is 5.88. The summed E-state index contributed by atoms with van der Waals surface area (Å²) in [6, 6.07) is 6.80. The van der Waals surface area contributed by atoms with E-state index in [0.29, 0.717) is 27.4 Å². The van der Waals surface area contributed by atoms with Gasteiger partial charge in [-0.1, -0.05) is 23.2 Å². The normalized spacial score (nSPS) is 10.3. The van der Waals surface area contributed by atoms with Crippen LogP contribution in [0.4, 0.5) is 0 Å². The summed E-state index contributed by atoms with van der Waals surface area (Å²) in [6.07, 6.45) is 3.27. The molecule has 0 radical (unpaired) electrons. The van der Waals surface area contributed by atoms with E-state index < -0.39 is 0 Å². The molecule has 0 fully saturated rings. The lowest BCUT2D eigenvalue weighted by Gasteiger charge is -2.09. The van der Waals surface area contributed by atoms with Gasteiger partial charge < -0.3 is 4.74 Å².